The Morgan fingerprint density at radius 1 is 1.11 bits per heavy atom. The van der Waals surface area contributed by atoms with Gasteiger partial charge in [0.05, 0.1) is 23.4 Å². The van der Waals surface area contributed by atoms with E-state index in [1.807, 2.05) is 13.8 Å². The van der Waals surface area contributed by atoms with Gasteiger partial charge in [-0.2, -0.15) is 17.2 Å². The van der Waals surface area contributed by atoms with Crippen LogP contribution in [0.15, 0.2) is 0 Å². The molecule has 2 saturated carbocycles. The lowest BCUT2D eigenvalue weighted by atomic mass is 9.67. The van der Waals surface area contributed by atoms with Crippen molar-refractivity contribution in [3.8, 4) is 0 Å². The van der Waals surface area contributed by atoms with Crippen LogP contribution in [-0.4, -0.2) is 65.2 Å². The first kappa shape index (κ1) is 27.7. The van der Waals surface area contributed by atoms with Crippen LogP contribution in [0.1, 0.15) is 53.9 Å². The van der Waals surface area contributed by atoms with E-state index in [1.54, 1.807) is 0 Å². The minimum atomic E-state index is -5.83. The molecular formula is C22H32F2O10S. The number of alkyl halides is 2. The van der Waals surface area contributed by atoms with E-state index >= 15 is 0 Å². The molecule has 35 heavy (non-hydrogen) atoms. The van der Waals surface area contributed by atoms with Gasteiger partial charge >= 0.3 is 33.3 Å². The van der Waals surface area contributed by atoms with Crippen molar-refractivity contribution in [3.63, 3.8) is 0 Å². The zero-order valence-corrected chi connectivity index (χ0v) is 21.0. The van der Waals surface area contributed by atoms with Gasteiger partial charge in [-0.15, -0.1) is 0 Å². The zero-order chi connectivity index (χ0) is 26.7. The summed E-state index contributed by atoms with van der Waals surface area (Å²) >= 11 is 0. The Morgan fingerprint density at radius 2 is 1.66 bits per heavy atom. The summed E-state index contributed by atoms with van der Waals surface area (Å²) in [6.07, 6.45) is -2.63. The van der Waals surface area contributed by atoms with Gasteiger partial charge in [-0.25, -0.2) is 0 Å². The summed E-state index contributed by atoms with van der Waals surface area (Å²) in [7, 11) is -5.83. The molecule has 1 saturated heterocycles. The van der Waals surface area contributed by atoms with Crippen molar-refractivity contribution in [1.29, 1.82) is 0 Å². The molecule has 2 N–H and O–H groups in total. The highest BCUT2D eigenvalue weighted by atomic mass is 32.2. The lowest BCUT2D eigenvalue weighted by molar-refractivity contribution is -0.177. The highest BCUT2D eigenvalue weighted by Crippen LogP contribution is 2.62. The molecule has 0 radical (unpaired) electrons. The van der Waals surface area contributed by atoms with Crippen LogP contribution >= 0.6 is 0 Å². The third-order valence-corrected chi connectivity index (χ3v) is 9.27. The number of hydrogen-bond acceptors (Lipinski definition) is 9. The lowest BCUT2D eigenvalue weighted by Crippen LogP contribution is -2.51. The van der Waals surface area contributed by atoms with E-state index in [9.17, 15) is 36.7 Å². The normalized spacial score (nSPS) is 32.7. The fourth-order valence-corrected chi connectivity index (χ4v) is 6.28. The van der Waals surface area contributed by atoms with Gasteiger partial charge in [0.2, 0.25) is 0 Å². The third kappa shape index (κ3) is 4.43. The molecule has 0 spiro atoms. The van der Waals surface area contributed by atoms with Gasteiger partial charge < -0.3 is 19.3 Å². The van der Waals surface area contributed by atoms with E-state index in [0.29, 0.717) is 26.2 Å². The number of rotatable bonds is 10. The topological polar surface area (TPSA) is 154 Å². The predicted molar refractivity (Wildman–Crippen MR) is 114 cm³/mol. The second-order valence-corrected chi connectivity index (χ2v) is 11.4. The molecule has 3 aliphatic rings. The number of carbonyl (C=O) groups excluding carboxylic acids is 3. The number of aliphatic hydroxyl groups is 1. The summed E-state index contributed by atoms with van der Waals surface area (Å²) in [6.45, 7) is 6.79. The maximum Gasteiger partial charge on any atom is 0.405 e. The average molecular weight is 527 g/mol. The molecular weight excluding hydrogens is 494 g/mol. The molecule has 0 amide bonds. The molecule has 9 unspecified atom stereocenters. The molecule has 200 valence electrons. The van der Waals surface area contributed by atoms with Crippen LogP contribution in [0.2, 0.25) is 0 Å². The standard InChI is InChI=1S/C22H32F2O10S/c1-6-21(28,7-2)15-13-8-12-14(15)20(27)34-16(12)17(13)33-19(26)10(4)9(3)18(25)32-11(5)22(23,24)35(29,30)31/h9-17,28H,6-8H2,1-5H3,(H,29,30,31). The zero-order valence-electron chi connectivity index (χ0n) is 20.1. The van der Waals surface area contributed by atoms with Crippen LogP contribution in [0.3, 0.4) is 0 Å². The Balaban J connectivity index is 1.70. The van der Waals surface area contributed by atoms with Crippen LogP contribution < -0.4 is 0 Å². The van der Waals surface area contributed by atoms with Crippen LogP contribution in [0.25, 0.3) is 0 Å². The van der Waals surface area contributed by atoms with E-state index < -0.39 is 80.9 Å². The monoisotopic (exact) mass is 526 g/mol. The molecule has 3 fully saturated rings. The predicted octanol–water partition coefficient (Wildman–Crippen LogP) is 1.94. The number of hydrogen-bond donors (Lipinski definition) is 2. The number of fused-ring (bicyclic) bond motifs is 1. The summed E-state index contributed by atoms with van der Waals surface area (Å²) in [6, 6.07) is 0. The van der Waals surface area contributed by atoms with E-state index in [2.05, 4.69) is 4.74 Å². The van der Waals surface area contributed by atoms with Crippen molar-refractivity contribution in [2.45, 2.75) is 83.0 Å². The first-order chi connectivity index (χ1) is 16.0. The maximum absolute atomic E-state index is 13.7. The van der Waals surface area contributed by atoms with E-state index in [0.717, 1.165) is 0 Å². The van der Waals surface area contributed by atoms with Crippen LogP contribution in [0, 0.1) is 35.5 Å². The van der Waals surface area contributed by atoms with E-state index in [1.165, 1.54) is 13.8 Å². The molecule has 1 aliphatic heterocycles. The van der Waals surface area contributed by atoms with Crippen molar-refractivity contribution in [2.24, 2.45) is 35.5 Å². The molecule has 9 atom stereocenters. The first-order valence-electron chi connectivity index (χ1n) is 11.7. The van der Waals surface area contributed by atoms with Crippen LogP contribution in [0.4, 0.5) is 8.78 Å². The molecule has 0 aromatic carbocycles. The Hall–Kier alpha value is -1.86. The Kier molecular flexibility index (Phi) is 7.30. The second-order valence-electron chi connectivity index (χ2n) is 9.92. The minimum Gasteiger partial charge on any atom is -0.458 e. The van der Waals surface area contributed by atoms with Gasteiger partial charge in [0.15, 0.2) is 6.10 Å². The van der Waals surface area contributed by atoms with Gasteiger partial charge in [-0.1, -0.05) is 27.7 Å². The van der Waals surface area contributed by atoms with E-state index in [4.69, 9.17) is 14.0 Å². The van der Waals surface area contributed by atoms with Crippen molar-refractivity contribution in [2.75, 3.05) is 0 Å². The Morgan fingerprint density at radius 3 is 2.17 bits per heavy atom. The highest BCUT2D eigenvalue weighted by Gasteiger charge is 2.71. The van der Waals surface area contributed by atoms with Gasteiger partial charge in [0.1, 0.15) is 12.2 Å². The van der Waals surface area contributed by atoms with Crippen molar-refractivity contribution in [3.05, 3.63) is 0 Å². The van der Waals surface area contributed by atoms with Crippen LogP contribution in [-0.2, 0) is 38.7 Å². The smallest absolute Gasteiger partial charge is 0.405 e. The molecule has 0 aromatic rings. The summed E-state index contributed by atoms with van der Waals surface area (Å²) in [5.74, 6) is -6.46. The molecule has 2 bridgehead atoms. The fraction of sp³-hybridized carbons (Fsp3) is 0.864. The van der Waals surface area contributed by atoms with Crippen molar-refractivity contribution >= 4 is 28.0 Å². The summed E-state index contributed by atoms with van der Waals surface area (Å²) in [5, 5.41) is 6.45. The number of carbonyl (C=O) groups is 3. The minimum absolute atomic E-state index is 0.193. The average Bonchev–Trinajstić information content (AvgIpc) is 3.40. The molecule has 10 nitrogen and oxygen atoms in total. The number of esters is 3. The van der Waals surface area contributed by atoms with Gasteiger partial charge in [-0.05, 0) is 26.2 Å². The summed E-state index contributed by atoms with van der Waals surface area (Å²) in [4.78, 5) is 37.8. The van der Waals surface area contributed by atoms with Crippen molar-refractivity contribution < 1.29 is 55.5 Å². The SMILES string of the molecule is CCC(O)(CC)C1C2CC3C(OC(=O)C31)C2OC(=O)C(C)C(C)C(=O)OC(C)C(F)(F)S(=O)(=O)O. The molecule has 3 rings (SSSR count). The number of ether oxygens (including phenoxy) is 3. The fourth-order valence-electron chi connectivity index (χ4n) is 5.81. The molecule has 13 heteroatoms. The number of halogens is 2. The lowest BCUT2D eigenvalue weighted by Gasteiger charge is -2.41. The van der Waals surface area contributed by atoms with Gasteiger partial charge in [0, 0.05) is 17.8 Å². The van der Waals surface area contributed by atoms with Crippen LogP contribution in [0.5, 0.6) is 0 Å². The Labute approximate surface area is 202 Å². The first-order valence-corrected chi connectivity index (χ1v) is 13.1. The Bertz CT molecular complexity index is 979. The maximum atomic E-state index is 13.7. The third-order valence-electron chi connectivity index (χ3n) is 8.25. The van der Waals surface area contributed by atoms with Gasteiger partial charge in [0.25, 0.3) is 0 Å². The second kappa shape index (κ2) is 9.22. The summed E-state index contributed by atoms with van der Waals surface area (Å²) in [5.41, 5.74) is -1.14. The highest BCUT2D eigenvalue weighted by molar-refractivity contribution is 7.86. The quantitative estimate of drug-likeness (QED) is 0.245. The summed E-state index contributed by atoms with van der Waals surface area (Å²) < 4.78 is 73.5. The molecule has 0 aromatic heterocycles. The largest absolute Gasteiger partial charge is 0.458 e. The van der Waals surface area contributed by atoms with E-state index in [-0.39, 0.29) is 11.8 Å². The van der Waals surface area contributed by atoms with Crippen molar-refractivity contribution in [1.82, 2.24) is 0 Å². The molecule has 1 heterocycles. The van der Waals surface area contributed by atoms with Gasteiger partial charge in [-0.3, -0.25) is 18.9 Å². The molecule has 2 aliphatic carbocycles.